The van der Waals surface area contributed by atoms with Crippen molar-refractivity contribution in [2.24, 2.45) is 0 Å². The van der Waals surface area contributed by atoms with E-state index in [1.54, 1.807) is 12.4 Å². The first-order chi connectivity index (χ1) is 14.7. The molecule has 2 aromatic rings. The second-order valence-electron chi connectivity index (χ2n) is 8.21. The maximum atomic E-state index is 5.71. The number of ether oxygens (including phenoxy) is 2. The summed E-state index contributed by atoms with van der Waals surface area (Å²) in [6.07, 6.45) is 9.33. The summed E-state index contributed by atoms with van der Waals surface area (Å²) in [6, 6.07) is 0.501. The van der Waals surface area contributed by atoms with Crippen LogP contribution in [0.2, 0.25) is 0 Å². The summed E-state index contributed by atoms with van der Waals surface area (Å²) in [5.41, 5.74) is 8.72. The molecule has 4 heterocycles. The summed E-state index contributed by atoms with van der Waals surface area (Å²) in [4.78, 5) is 23.1. The summed E-state index contributed by atoms with van der Waals surface area (Å²) in [6.45, 7) is 3.98. The molecule has 1 saturated heterocycles. The predicted octanol–water partition coefficient (Wildman–Crippen LogP) is 1.67. The van der Waals surface area contributed by atoms with Crippen LogP contribution in [0.4, 0.5) is 17.7 Å². The van der Waals surface area contributed by atoms with Crippen molar-refractivity contribution in [3.63, 3.8) is 0 Å². The zero-order valence-electron chi connectivity index (χ0n) is 17.5. The topological polar surface area (TPSA) is 103 Å². The van der Waals surface area contributed by atoms with Crippen LogP contribution in [-0.4, -0.2) is 72.0 Å². The van der Waals surface area contributed by atoms with Crippen molar-refractivity contribution in [2.75, 3.05) is 55.5 Å². The van der Waals surface area contributed by atoms with Crippen molar-refractivity contribution in [1.82, 2.24) is 19.9 Å². The summed E-state index contributed by atoms with van der Waals surface area (Å²) in [7, 11) is 1.82. The van der Waals surface area contributed by atoms with Gasteiger partial charge in [0.1, 0.15) is 5.82 Å². The molecule has 0 amide bonds. The number of fused-ring (bicyclic) bond motifs is 1. The molecule has 0 aromatic carbocycles. The first kappa shape index (κ1) is 19.4. The molecule has 2 fully saturated rings. The number of nitrogens with two attached hydrogens (primary N) is 1. The van der Waals surface area contributed by atoms with Gasteiger partial charge in [0.05, 0.1) is 25.0 Å². The quantitative estimate of drug-likeness (QED) is 0.805. The minimum Gasteiger partial charge on any atom is -0.381 e. The molecule has 0 spiro atoms. The molecular weight excluding hydrogens is 382 g/mol. The molecule has 1 aliphatic carbocycles. The van der Waals surface area contributed by atoms with E-state index in [1.165, 1.54) is 5.56 Å². The Kier molecular flexibility index (Phi) is 5.39. The summed E-state index contributed by atoms with van der Waals surface area (Å²) < 4.78 is 11.1. The number of nitrogen functional groups attached to an aromatic ring is 1. The van der Waals surface area contributed by atoms with Gasteiger partial charge in [-0.15, -0.1) is 0 Å². The highest BCUT2D eigenvalue weighted by molar-refractivity contribution is 5.72. The predicted molar refractivity (Wildman–Crippen MR) is 115 cm³/mol. The zero-order valence-corrected chi connectivity index (χ0v) is 17.5. The van der Waals surface area contributed by atoms with Crippen LogP contribution in [0.25, 0.3) is 11.3 Å². The van der Waals surface area contributed by atoms with Gasteiger partial charge in [-0.2, -0.15) is 4.98 Å². The van der Waals surface area contributed by atoms with E-state index in [4.69, 9.17) is 25.2 Å². The molecule has 9 heteroatoms. The van der Waals surface area contributed by atoms with Crippen LogP contribution in [-0.2, 0) is 15.9 Å². The van der Waals surface area contributed by atoms with Crippen molar-refractivity contribution in [2.45, 2.75) is 44.2 Å². The van der Waals surface area contributed by atoms with Gasteiger partial charge >= 0.3 is 0 Å². The van der Waals surface area contributed by atoms with Crippen molar-refractivity contribution in [1.29, 1.82) is 0 Å². The lowest BCUT2D eigenvalue weighted by molar-refractivity contribution is 0.0656. The van der Waals surface area contributed by atoms with Crippen LogP contribution < -0.4 is 15.5 Å². The molecule has 1 saturated carbocycles. The third-order valence-corrected chi connectivity index (χ3v) is 6.51. The number of methoxy groups -OCH3 is 1. The molecule has 3 aliphatic rings. The van der Waals surface area contributed by atoms with Gasteiger partial charge in [-0.3, -0.25) is 0 Å². The Morgan fingerprint density at radius 1 is 1.03 bits per heavy atom. The van der Waals surface area contributed by atoms with Crippen molar-refractivity contribution >= 4 is 17.7 Å². The lowest BCUT2D eigenvalue weighted by atomic mass is 9.92. The second kappa shape index (κ2) is 8.31. The molecule has 9 nitrogen and oxygen atoms in total. The van der Waals surface area contributed by atoms with Gasteiger partial charge in [-0.25, -0.2) is 15.0 Å². The lowest BCUT2D eigenvalue weighted by Gasteiger charge is -2.35. The normalized spacial score (nSPS) is 24.2. The first-order valence-corrected chi connectivity index (χ1v) is 10.8. The van der Waals surface area contributed by atoms with Crippen molar-refractivity contribution in [3.05, 3.63) is 18.0 Å². The van der Waals surface area contributed by atoms with Crippen LogP contribution in [0.1, 0.15) is 31.2 Å². The van der Waals surface area contributed by atoms with Gasteiger partial charge in [-0.05, 0) is 32.1 Å². The third kappa shape index (κ3) is 3.67. The zero-order chi connectivity index (χ0) is 20.5. The highest BCUT2D eigenvalue weighted by Crippen LogP contribution is 2.39. The Bertz CT molecular complexity index is 878. The molecule has 5 rings (SSSR count). The van der Waals surface area contributed by atoms with Gasteiger partial charge in [0.15, 0.2) is 0 Å². The molecule has 2 aromatic heterocycles. The van der Waals surface area contributed by atoms with Gasteiger partial charge in [0.25, 0.3) is 0 Å². The maximum absolute atomic E-state index is 5.71. The molecule has 2 N–H and O–H groups in total. The molecule has 0 unspecified atom stereocenters. The van der Waals surface area contributed by atoms with Gasteiger partial charge < -0.3 is 25.0 Å². The molecule has 30 heavy (non-hydrogen) atoms. The summed E-state index contributed by atoms with van der Waals surface area (Å²) in [5.74, 6) is 2.11. The number of hydrogen-bond acceptors (Lipinski definition) is 9. The fourth-order valence-electron chi connectivity index (χ4n) is 4.82. The van der Waals surface area contributed by atoms with Crippen LogP contribution >= 0.6 is 0 Å². The van der Waals surface area contributed by atoms with Crippen molar-refractivity contribution < 1.29 is 9.47 Å². The number of rotatable bonds is 4. The third-order valence-electron chi connectivity index (χ3n) is 6.51. The Hall–Kier alpha value is -2.52. The van der Waals surface area contributed by atoms with Crippen LogP contribution in [0.15, 0.2) is 12.4 Å². The SMILES string of the molecule is CO[C@H]1CC[C@H](N2CCc3c(-c4cnc(N)nc4)nc(N4CCOCC4)nc32)CC1. The number of nitrogens with zero attached hydrogens (tertiary/aromatic N) is 6. The molecule has 2 aliphatic heterocycles. The van der Waals surface area contributed by atoms with E-state index >= 15 is 0 Å². The summed E-state index contributed by atoms with van der Waals surface area (Å²) >= 11 is 0. The first-order valence-electron chi connectivity index (χ1n) is 10.8. The molecular formula is C21H29N7O2. The number of hydrogen-bond donors (Lipinski definition) is 1. The van der Waals surface area contributed by atoms with E-state index in [9.17, 15) is 0 Å². The van der Waals surface area contributed by atoms with E-state index in [-0.39, 0.29) is 5.95 Å². The molecule has 0 bridgehead atoms. The van der Waals surface area contributed by atoms with Crippen LogP contribution in [0.3, 0.4) is 0 Å². The minimum absolute atomic E-state index is 0.273. The minimum atomic E-state index is 0.273. The number of aromatic nitrogens is 4. The monoisotopic (exact) mass is 411 g/mol. The highest BCUT2D eigenvalue weighted by atomic mass is 16.5. The Labute approximate surface area is 176 Å². The highest BCUT2D eigenvalue weighted by Gasteiger charge is 2.34. The van der Waals surface area contributed by atoms with Crippen LogP contribution in [0.5, 0.6) is 0 Å². The average Bonchev–Trinajstić information content (AvgIpc) is 3.24. The van der Waals surface area contributed by atoms with Gasteiger partial charge in [0.2, 0.25) is 11.9 Å². The maximum Gasteiger partial charge on any atom is 0.228 e. The van der Waals surface area contributed by atoms with E-state index in [1.807, 2.05) is 7.11 Å². The lowest BCUT2D eigenvalue weighted by Crippen LogP contribution is -2.40. The van der Waals surface area contributed by atoms with E-state index in [0.29, 0.717) is 25.4 Å². The van der Waals surface area contributed by atoms with Gasteiger partial charge in [-0.1, -0.05) is 0 Å². The number of morpholine rings is 1. The summed E-state index contributed by atoms with van der Waals surface area (Å²) in [5, 5.41) is 0. The molecule has 160 valence electrons. The van der Waals surface area contributed by atoms with E-state index in [0.717, 1.165) is 74.8 Å². The Morgan fingerprint density at radius 3 is 2.47 bits per heavy atom. The van der Waals surface area contributed by atoms with E-state index < -0.39 is 0 Å². The van der Waals surface area contributed by atoms with E-state index in [2.05, 4.69) is 19.8 Å². The van der Waals surface area contributed by atoms with Gasteiger partial charge in [0, 0.05) is 56.3 Å². The largest absolute Gasteiger partial charge is 0.381 e. The standard InChI is InChI=1S/C21H29N7O2/c1-29-16-4-2-15(3-5-16)28-7-6-17-18(14-12-23-20(22)24-13-14)25-21(26-19(17)28)27-8-10-30-11-9-27/h12-13,15-16H,2-11H2,1H3,(H2,22,23,24)/t15-,16-. The Morgan fingerprint density at radius 2 is 1.77 bits per heavy atom. The number of anilines is 3. The second-order valence-corrected chi connectivity index (χ2v) is 8.21. The molecule has 0 radical (unpaired) electrons. The molecule has 0 atom stereocenters. The average molecular weight is 412 g/mol. The smallest absolute Gasteiger partial charge is 0.228 e. The fraction of sp³-hybridized carbons (Fsp3) is 0.619. The fourth-order valence-corrected chi connectivity index (χ4v) is 4.82. The van der Waals surface area contributed by atoms with Crippen molar-refractivity contribution in [3.8, 4) is 11.3 Å². The Balaban J connectivity index is 1.52. The van der Waals surface area contributed by atoms with Crippen LogP contribution in [0, 0.1) is 0 Å².